The fraction of sp³-hybridized carbons (Fsp3) is 0.417. The van der Waals surface area contributed by atoms with Crippen molar-refractivity contribution in [1.29, 1.82) is 0 Å². The summed E-state index contributed by atoms with van der Waals surface area (Å²) in [5, 5.41) is 12.5. The molecule has 0 saturated heterocycles. The molecule has 4 N–H and O–H groups in total. The van der Waals surface area contributed by atoms with E-state index in [0.29, 0.717) is 22.8 Å². The minimum Gasteiger partial charge on any atom is -0.423 e. The Hall–Kier alpha value is -1.40. The van der Waals surface area contributed by atoms with Crippen LogP contribution in [0.15, 0.2) is 22.6 Å². The molecule has 1 aromatic heterocycles. The van der Waals surface area contributed by atoms with Gasteiger partial charge in [0, 0.05) is 11.3 Å². The second-order valence-electron chi connectivity index (χ2n) is 4.10. The second-order valence-corrected chi connectivity index (χ2v) is 5.18. The van der Waals surface area contributed by atoms with E-state index in [0.717, 1.165) is 0 Å². The predicted molar refractivity (Wildman–Crippen MR) is 75.9 cm³/mol. The lowest BCUT2D eigenvalue weighted by atomic mass is 10.2. The van der Waals surface area contributed by atoms with Gasteiger partial charge in [0.1, 0.15) is 5.52 Å². The van der Waals surface area contributed by atoms with Crippen LogP contribution in [0.25, 0.3) is 11.1 Å². The van der Waals surface area contributed by atoms with E-state index >= 15 is 0 Å². The SMILES string of the molecule is CSC(CO)C(C)Nc1nc2c(N)cccc2o1. The number of nitrogens with one attached hydrogen (secondary N) is 1. The standard InChI is InChI=1S/C12H17N3O2S/c1-7(10(6-16)18-2)14-12-15-11-8(13)4-3-5-9(11)17-12/h3-5,7,10,16H,6,13H2,1-2H3,(H,14,15). The Kier molecular flexibility index (Phi) is 3.98. The number of rotatable bonds is 5. The molecule has 6 heteroatoms. The quantitative estimate of drug-likeness (QED) is 0.718. The Balaban J connectivity index is 2.19. The molecule has 0 aliphatic rings. The van der Waals surface area contributed by atoms with Crippen LogP contribution in [0.2, 0.25) is 0 Å². The number of anilines is 2. The molecule has 2 atom stereocenters. The van der Waals surface area contributed by atoms with E-state index in [1.54, 1.807) is 17.8 Å². The van der Waals surface area contributed by atoms with Crippen molar-refractivity contribution < 1.29 is 9.52 Å². The highest BCUT2D eigenvalue weighted by Crippen LogP contribution is 2.24. The number of hydrogen-bond acceptors (Lipinski definition) is 6. The lowest BCUT2D eigenvalue weighted by Gasteiger charge is -2.19. The number of hydrogen-bond donors (Lipinski definition) is 3. The molecule has 0 spiro atoms. The maximum absolute atomic E-state index is 9.23. The molecule has 0 radical (unpaired) electrons. The fourth-order valence-corrected chi connectivity index (χ4v) is 2.38. The average molecular weight is 267 g/mol. The molecule has 2 rings (SSSR count). The van der Waals surface area contributed by atoms with E-state index in [-0.39, 0.29) is 17.9 Å². The van der Waals surface area contributed by atoms with Gasteiger partial charge in [-0.15, -0.1) is 0 Å². The van der Waals surface area contributed by atoms with Crippen LogP contribution in [0.5, 0.6) is 0 Å². The summed E-state index contributed by atoms with van der Waals surface area (Å²) in [6.45, 7) is 2.09. The van der Waals surface area contributed by atoms with Crippen LogP contribution in [0.1, 0.15) is 6.92 Å². The van der Waals surface area contributed by atoms with Crippen molar-refractivity contribution in [3.63, 3.8) is 0 Å². The molecule has 5 nitrogen and oxygen atoms in total. The van der Waals surface area contributed by atoms with Crippen molar-refractivity contribution in [3.8, 4) is 0 Å². The predicted octanol–water partition coefficient (Wildman–Crippen LogP) is 1.93. The van der Waals surface area contributed by atoms with Crippen LogP contribution in [0, 0.1) is 0 Å². The third kappa shape index (κ3) is 2.54. The van der Waals surface area contributed by atoms with Gasteiger partial charge in [0.25, 0.3) is 6.01 Å². The van der Waals surface area contributed by atoms with Crippen LogP contribution in [0.3, 0.4) is 0 Å². The summed E-state index contributed by atoms with van der Waals surface area (Å²) in [5.41, 5.74) is 7.74. The Morgan fingerprint density at radius 2 is 2.33 bits per heavy atom. The minimum atomic E-state index is 0.0549. The summed E-state index contributed by atoms with van der Waals surface area (Å²) >= 11 is 1.60. The molecule has 2 unspecified atom stereocenters. The summed E-state index contributed by atoms with van der Waals surface area (Å²) in [4.78, 5) is 4.31. The highest BCUT2D eigenvalue weighted by atomic mass is 32.2. The Bertz CT molecular complexity index is 525. The zero-order chi connectivity index (χ0) is 13.1. The Morgan fingerprint density at radius 1 is 1.56 bits per heavy atom. The van der Waals surface area contributed by atoms with E-state index < -0.39 is 0 Å². The van der Waals surface area contributed by atoms with Crippen molar-refractivity contribution in [2.24, 2.45) is 0 Å². The van der Waals surface area contributed by atoms with Crippen LogP contribution in [0.4, 0.5) is 11.7 Å². The maximum atomic E-state index is 9.23. The first-order valence-electron chi connectivity index (χ1n) is 5.71. The number of oxazole rings is 1. The van der Waals surface area contributed by atoms with E-state index in [4.69, 9.17) is 10.2 Å². The molecule has 1 heterocycles. The molecule has 1 aromatic carbocycles. The number of thioether (sulfide) groups is 1. The molecule has 0 fully saturated rings. The number of para-hydroxylation sites is 1. The van der Waals surface area contributed by atoms with Crippen molar-refractivity contribution in [2.45, 2.75) is 18.2 Å². The zero-order valence-corrected chi connectivity index (χ0v) is 11.2. The lowest BCUT2D eigenvalue weighted by Crippen LogP contribution is -2.31. The highest BCUT2D eigenvalue weighted by Gasteiger charge is 2.17. The van der Waals surface area contributed by atoms with Gasteiger partial charge in [-0.3, -0.25) is 0 Å². The van der Waals surface area contributed by atoms with Gasteiger partial charge < -0.3 is 20.6 Å². The molecule has 0 aliphatic carbocycles. The number of nitrogens with two attached hydrogens (primary N) is 1. The smallest absolute Gasteiger partial charge is 0.296 e. The highest BCUT2D eigenvalue weighted by molar-refractivity contribution is 7.99. The molecule has 0 aliphatic heterocycles. The first kappa shape index (κ1) is 13.0. The normalized spacial score (nSPS) is 14.6. The minimum absolute atomic E-state index is 0.0549. The Labute approximate surface area is 110 Å². The van der Waals surface area contributed by atoms with Gasteiger partial charge in [-0.25, -0.2) is 0 Å². The molecule has 0 bridgehead atoms. The molecule has 98 valence electrons. The molecule has 0 amide bonds. The van der Waals surface area contributed by atoms with Gasteiger partial charge in [0.15, 0.2) is 5.58 Å². The number of aliphatic hydroxyl groups is 1. The topological polar surface area (TPSA) is 84.3 Å². The molecule has 2 aromatic rings. The number of aromatic nitrogens is 1. The van der Waals surface area contributed by atoms with Crippen LogP contribution in [-0.4, -0.2) is 34.2 Å². The van der Waals surface area contributed by atoms with E-state index in [1.165, 1.54) is 0 Å². The van der Waals surface area contributed by atoms with Crippen LogP contribution >= 0.6 is 11.8 Å². The molecular formula is C12H17N3O2S. The maximum Gasteiger partial charge on any atom is 0.296 e. The monoisotopic (exact) mass is 267 g/mol. The van der Waals surface area contributed by atoms with Gasteiger partial charge >= 0.3 is 0 Å². The number of nitrogen functional groups attached to an aromatic ring is 1. The van der Waals surface area contributed by atoms with E-state index in [2.05, 4.69) is 10.3 Å². The third-order valence-corrected chi connectivity index (χ3v) is 4.00. The molecular weight excluding hydrogens is 250 g/mol. The summed E-state index contributed by atoms with van der Waals surface area (Å²) in [6, 6.07) is 5.93. The summed E-state index contributed by atoms with van der Waals surface area (Å²) < 4.78 is 5.57. The van der Waals surface area contributed by atoms with Gasteiger partial charge in [-0.2, -0.15) is 16.7 Å². The number of aliphatic hydroxyl groups excluding tert-OH is 1. The summed E-state index contributed by atoms with van der Waals surface area (Å²) in [7, 11) is 0. The summed E-state index contributed by atoms with van der Waals surface area (Å²) in [6.07, 6.45) is 1.96. The molecule has 0 saturated carbocycles. The lowest BCUT2D eigenvalue weighted by molar-refractivity contribution is 0.287. The van der Waals surface area contributed by atoms with Crippen molar-refractivity contribution in [3.05, 3.63) is 18.2 Å². The van der Waals surface area contributed by atoms with Crippen molar-refractivity contribution >= 4 is 34.6 Å². The van der Waals surface area contributed by atoms with Gasteiger partial charge in [-0.05, 0) is 25.3 Å². The zero-order valence-electron chi connectivity index (χ0n) is 10.4. The van der Waals surface area contributed by atoms with Crippen molar-refractivity contribution in [2.75, 3.05) is 23.9 Å². The Morgan fingerprint density at radius 3 is 2.94 bits per heavy atom. The average Bonchev–Trinajstić information content (AvgIpc) is 2.74. The number of benzene rings is 1. The largest absolute Gasteiger partial charge is 0.423 e. The molecule has 18 heavy (non-hydrogen) atoms. The number of fused-ring (bicyclic) bond motifs is 1. The van der Waals surface area contributed by atoms with Crippen LogP contribution < -0.4 is 11.1 Å². The van der Waals surface area contributed by atoms with Gasteiger partial charge in [-0.1, -0.05) is 6.07 Å². The van der Waals surface area contributed by atoms with Gasteiger partial charge in [0.2, 0.25) is 0 Å². The van der Waals surface area contributed by atoms with Crippen LogP contribution in [-0.2, 0) is 0 Å². The van der Waals surface area contributed by atoms with Gasteiger partial charge in [0.05, 0.1) is 12.3 Å². The fourth-order valence-electron chi connectivity index (χ4n) is 1.76. The third-order valence-electron chi connectivity index (χ3n) is 2.84. The van der Waals surface area contributed by atoms with E-state index in [9.17, 15) is 5.11 Å². The number of nitrogens with zero attached hydrogens (tertiary/aromatic N) is 1. The summed E-state index contributed by atoms with van der Waals surface area (Å²) in [5.74, 6) is 0. The first-order chi connectivity index (χ1) is 8.65. The van der Waals surface area contributed by atoms with E-state index in [1.807, 2.05) is 25.3 Å². The van der Waals surface area contributed by atoms with Crippen molar-refractivity contribution in [1.82, 2.24) is 4.98 Å². The second kappa shape index (κ2) is 5.49. The first-order valence-corrected chi connectivity index (χ1v) is 6.99.